The number of rotatable bonds is 7. The Bertz CT molecular complexity index is 1360. The van der Waals surface area contributed by atoms with Gasteiger partial charge in [-0.05, 0) is 45.3 Å². The van der Waals surface area contributed by atoms with Gasteiger partial charge in [0.1, 0.15) is 12.0 Å². The molecule has 32 heavy (non-hydrogen) atoms. The average Bonchev–Trinajstić information content (AvgIpc) is 3.26. The summed E-state index contributed by atoms with van der Waals surface area (Å²) in [5.41, 5.74) is 2.94. The monoisotopic (exact) mass is 449 g/mol. The van der Waals surface area contributed by atoms with Crippen LogP contribution in [0.4, 0.5) is 0 Å². The van der Waals surface area contributed by atoms with Crippen molar-refractivity contribution in [3.8, 4) is 28.3 Å². The number of aromatic nitrogens is 4. The van der Waals surface area contributed by atoms with Gasteiger partial charge in [-0.2, -0.15) is 0 Å². The summed E-state index contributed by atoms with van der Waals surface area (Å²) < 4.78 is 31.5. The normalized spacial score (nSPS) is 11.3. The zero-order valence-corrected chi connectivity index (χ0v) is 17.9. The van der Waals surface area contributed by atoms with E-state index >= 15 is 0 Å². The first-order valence-electron chi connectivity index (χ1n) is 9.51. The molecule has 0 aliphatic carbocycles. The van der Waals surface area contributed by atoms with Gasteiger partial charge in [-0.1, -0.05) is 48.5 Å². The van der Waals surface area contributed by atoms with Crippen LogP contribution in [0, 0.1) is 0 Å². The van der Waals surface area contributed by atoms with Crippen molar-refractivity contribution in [3.63, 3.8) is 0 Å². The van der Waals surface area contributed by atoms with Crippen LogP contribution in [-0.2, 0) is 16.6 Å². The lowest BCUT2D eigenvalue weighted by Crippen LogP contribution is -2.15. The third kappa shape index (κ3) is 4.27. The van der Waals surface area contributed by atoms with E-state index in [2.05, 4.69) is 15.5 Å². The fraction of sp³-hybridized carbons (Fsp3) is 0.0909. The molecule has 2 N–H and O–H groups in total. The summed E-state index contributed by atoms with van der Waals surface area (Å²) in [6, 6.07) is 18.9. The van der Waals surface area contributed by atoms with E-state index in [0.29, 0.717) is 29.0 Å². The van der Waals surface area contributed by atoms with Gasteiger partial charge in [0.15, 0.2) is 5.82 Å². The maximum Gasteiger partial charge on any atom is 0.238 e. The SMILES string of the molecule is COc1ccc(Cn2nnnc2-c2c(-c3ccc(C=O)cc3)cccc2S(N)(=O)=O)cc1. The van der Waals surface area contributed by atoms with Gasteiger partial charge < -0.3 is 4.74 Å². The Balaban J connectivity index is 1.87. The van der Waals surface area contributed by atoms with Gasteiger partial charge in [0.2, 0.25) is 10.0 Å². The summed E-state index contributed by atoms with van der Waals surface area (Å²) in [7, 11) is -2.50. The zero-order chi connectivity index (χ0) is 22.7. The Kier molecular flexibility index (Phi) is 5.80. The third-order valence-electron chi connectivity index (χ3n) is 4.94. The Hall–Kier alpha value is -3.89. The number of nitrogens with zero attached hydrogens (tertiary/aromatic N) is 4. The molecule has 4 rings (SSSR count). The molecule has 0 aliphatic rings. The van der Waals surface area contributed by atoms with Gasteiger partial charge in [-0.15, -0.1) is 5.10 Å². The molecule has 0 bridgehead atoms. The van der Waals surface area contributed by atoms with E-state index in [0.717, 1.165) is 11.8 Å². The van der Waals surface area contributed by atoms with Crippen LogP contribution in [0.3, 0.4) is 0 Å². The summed E-state index contributed by atoms with van der Waals surface area (Å²) in [6.45, 7) is 0.300. The van der Waals surface area contributed by atoms with Gasteiger partial charge in [-0.3, -0.25) is 4.79 Å². The number of sulfonamides is 1. The van der Waals surface area contributed by atoms with Gasteiger partial charge in [0.05, 0.1) is 18.6 Å². The van der Waals surface area contributed by atoms with Crippen molar-refractivity contribution in [2.75, 3.05) is 7.11 Å². The number of methoxy groups -OCH3 is 1. The van der Waals surface area contributed by atoms with Crippen LogP contribution >= 0.6 is 0 Å². The Morgan fingerprint density at radius 3 is 2.38 bits per heavy atom. The van der Waals surface area contributed by atoms with E-state index in [-0.39, 0.29) is 16.3 Å². The second kappa shape index (κ2) is 8.69. The number of tetrazole rings is 1. The molecule has 0 saturated carbocycles. The van der Waals surface area contributed by atoms with Crippen molar-refractivity contribution in [2.45, 2.75) is 11.4 Å². The summed E-state index contributed by atoms with van der Waals surface area (Å²) in [6.07, 6.45) is 0.737. The van der Waals surface area contributed by atoms with Gasteiger partial charge in [0.25, 0.3) is 0 Å². The van der Waals surface area contributed by atoms with Gasteiger partial charge in [0, 0.05) is 11.1 Å². The van der Waals surface area contributed by atoms with Crippen LogP contribution in [0.5, 0.6) is 5.75 Å². The van der Waals surface area contributed by atoms with E-state index in [4.69, 9.17) is 9.88 Å². The molecule has 0 saturated heterocycles. The number of carbonyl (C=O) groups excluding carboxylic acids is 1. The molecule has 0 amide bonds. The molecule has 162 valence electrons. The number of benzene rings is 3. The highest BCUT2D eigenvalue weighted by Gasteiger charge is 2.24. The lowest BCUT2D eigenvalue weighted by Gasteiger charge is -2.14. The minimum atomic E-state index is -4.08. The van der Waals surface area contributed by atoms with Crippen LogP contribution in [0.15, 0.2) is 71.6 Å². The standard InChI is InChI=1S/C22H19N5O4S/c1-31-18-11-7-15(8-12-18)13-27-22(24-25-26-27)21-19(3-2-4-20(21)32(23,29)30)17-9-5-16(14-28)6-10-17/h2-12,14H,13H2,1H3,(H2,23,29,30). The number of carbonyl (C=O) groups is 1. The number of aldehydes is 1. The topological polar surface area (TPSA) is 130 Å². The molecule has 0 aliphatic heterocycles. The van der Waals surface area contributed by atoms with Gasteiger partial charge in [-0.25, -0.2) is 18.2 Å². The number of ether oxygens (including phenoxy) is 1. The Labute approximate surface area is 184 Å². The van der Waals surface area contributed by atoms with Crippen molar-refractivity contribution in [2.24, 2.45) is 5.14 Å². The van der Waals surface area contributed by atoms with E-state index in [1.54, 1.807) is 43.5 Å². The first-order valence-corrected chi connectivity index (χ1v) is 11.1. The quantitative estimate of drug-likeness (QED) is 0.429. The fourth-order valence-corrected chi connectivity index (χ4v) is 4.13. The van der Waals surface area contributed by atoms with E-state index in [1.165, 1.54) is 10.7 Å². The van der Waals surface area contributed by atoms with Crippen LogP contribution in [0.2, 0.25) is 0 Å². The predicted molar refractivity (Wildman–Crippen MR) is 118 cm³/mol. The number of hydrogen-bond donors (Lipinski definition) is 1. The summed E-state index contributed by atoms with van der Waals surface area (Å²) in [5, 5.41) is 17.5. The van der Waals surface area contributed by atoms with Crippen LogP contribution in [0.1, 0.15) is 15.9 Å². The largest absolute Gasteiger partial charge is 0.497 e. The molecule has 3 aromatic carbocycles. The number of hydrogen-bond acceptors (Lipinski definition) is 7. The summed E-state index contributed by atoms with van der Waals surface area (Å²) in [4.78, 5) is 10.9. The van der Waals surface area contributed by atoms with Crippen molar-refractivity contribution in [1.29, 1.82) is 0 Å². The van der Waals surface area contributed by atoms with E-state index in [9.17, 15) is 13.2 Å². The molecule has 1 aromatic heterocycles. The molecule has 0 unspecified atom stereocenters. The zero-order valence-electron chi connectivity index (χ0n) is 17.0. The molecule has 0 spiro atoms. The maximum atomic E-state index is 12.4. The molecule has 0 atom stereocenters. The highest BCUT2D eigenvalue weighted by molar-refractivity contribution is 7.89. The molecule has 10 heteroatoms. The number of primary sulfonamides is 1. The van der Waals surface area contributed by atoms with Crippen LogP contribution in [0.25, 0.3) is 22.5 Å². The predicted octanol–water partition coefficient (Wildman–Crippen LogP) is 2.52. The molecule has 1 heterocycles. The average molecular weight is 449 g/mol. The molecule has 9 nitrogen and oxygen atoms in total. The molecular formula is C22H19N5O4S. The Morgan fingerprint density at radius 2 is 1.75 bits per heavy atom. The fourth-order valence-electron chi connectivity index (χ4n) is 3.37. The Morgan fingerprint density at radius 1 is 1.03 bits per heavy atom. The second-order valence-electron chi connectivity index (χ2n) is 6.97. The maximum absolute atomic E-state index is 12.4. The minimum absolute atomic E-state index is 0.0970. The number of nitrogens with two attached hydrogens (primary N) is 1. The second-order valence-corrected chi connectivity index (χ2v) is 8.50. The lowest BCUT2D eigenvalue weighted by atomic mass is 9.98. The van der Waals surface area contributed by atoms with Crippen LogP contribution in [-0.4, -0.2) is 42.0 Å². The van der Waals surface area contributed by atoms with Crippen molar-refractivity contribution < 1.29 is 17.9 Å². The van der Waals surface area contributed by atoms with Crippen molar-refractivity contribution in [3.05, 3.63) is 77.9 Å². The first-order chi connectivity index (χ1) is 15.4. The summed E-state index contributed by atoms with van der Waals surface area (Å²) >= 11 is 0. The van der Waals surface area contributed by atoms with E-state index < -0.39 is 10.0 Å². The molecular weight excluding hydrogens is 430 g/mol. The minimum Gasteiger partial charge on any atom is -0.497 e. The molecule has 0 fully saturated rings. The highest BCUT2D eigenvalue weighted by Crippen LogP contribution is 2.36. The lowest BCUT2D eigenvalue weighted by molar-refractivity contribution is 0.112. The van der Waals surface area contributed by atoms with Crippen molar-refractivity contribution >= 4 is 16.3 Å². The summed E-state index contributed by atoms with van der Waals surface area (Å²) in [5.74, 6) is 0.964. The van der Waals surface area contributed by atoms with Crippen molar-refractivity contribution in [1.82, 2.24) is 20.2 Å². The van der Waals surface area contributed by atoms with E-state index in [1.807, 2.05) is 24.3 Å². The van der Waals surface area contributed by atoms with Gasteiger partial charge >= 0.3 is 0 Å². The molecule has 0 radical (unpaired) electrons. The first kappa shape index (κ1) is 21.3. The smallest absolute Gasteiger partial charge is 0.238 e. The highest BCUT2D eigenvalue weighted by atomic mass is 32.2. The third-order valence-corrected chi connectivity index (χ3v) is 5.89. The molecule has 4 aromatic rings. The van der Waals surface area contributed by atoms with Crippen LogP contribution < -0.4 is 9.88 Å².